The van der Waals surface area contributed by atoms with E-state index >= 15 is 0 Å². The van der Waals surface area contributed by atoms with Crippen LogP contribution in [0.3, 0.4) is 0 Å². The smallest absolute Gasteiger partial charge is 0.111 e. The molecule has 0 aliphatic heterocycles. The minimum Gasteiger partial charge on any atom is -0.394 e. The van der Waals surface area contributed by atoms with Gasteiger partial charge in [-0.2, -0.15) is 0 Å². The Morgan fingerprint density at radius 1 is 0.538 bits per heavy atom. The first-order valence-electron chi connectivity index (χ1n) is 8.41. The molecule has 0 aliphatic rings. The molecular formula is C15H35NO10. The van der Waals surface area contributed by atoms with Crippen molar-refractivity contribution in [1.29, 1.82) is 0 Å². The average molecular weight is 389 g/mol. The van der Waals surface area contributed by atoms with Crippen LogP contribution in [0.4, 0.5) is 0 Å². The second kappa shape index (κ2) is 14.6. The van der Waals surface area contributed by atoms with Crippen LogP contribution in [0, 0.1) is 0 Å². The normalized spacial score (nSPS) is 21.0. The van der Waals surface area contributed by atoms with Gasteiger partial charge in [0.25, 0.3) is 0 Å². The molecule has 0 saturated carbocycles. The largest absolute Gasteiger partial charge is 0.394 e. The van der Waals surface area contributed by atoms with Crippen molar-refractivity contribution in [2.24, 2.45) is 0 Å². The van der Waals surface area contributed by atoms with Gasteiger partial charge >= 0.3 is 0 Å². The number of aliphatic hydroxyl groups excluding tert-OH is 10. The molecule has 0 fully saturated rings. The first-order chi connectivity index (χ1) is 12.1. The van der Waals surface area contributed by atoms with Gasteiger partial charge in [-0.3, -0.25) is 0 Å². The average Bonchev–Trinajstić information content (AvgIpc) is 2.65. The van der Waals surface area contributed by atoms with Crippen molar-refractivity contribution in [3.8, 4) is 0 Å². The topological polar surface area (TPSA) is 206 Å². The second-order valence-corrected chi connectivity index (χ2v) is 5.82. The van der Waals surface area contributed by atoms with Crippen molar-refractivity contribution in [2.45, 2.75) is 62.7 Å². The monoisotopic (exact) mass is 389 g/mol. The lowest BCUT2D eigenvalue weighted by molar-refractivity contribution is -0.128. The van der Waals surface area contributed by atoms with Crippen LogP contribution in [-0.2, 0) is 0 Å². The van der Waals surface area contributed by atoms with Gasteiger partial charge in [-0.15, -0.1) is 0 Å². The van der Waals surface area contributed by atoms with Gasteiger partial charge in [-0.1, -0.05) is 13.8 Å². The third kappa shape index (κ3) is 9.48. The Morgan fingerprint density at radius 2 is 0.769 bits per heavy atom. The van der Waals surface area contributed by atoms with E-state index in [0.717, 1.165) is 0 Å². The Bertz CT molecular complexity index is 308. The summed E-state index contributed by atoms with van der Waals surface area (Å²) in [6.07, 6.45) is -13.4. The number of rotatable bonds is 12. The molecule has 11 nitrogen and oxygen atoms in total. The molecule has 0 bridgehead atoms. The number of likely N-dealkylation sites (N-methyl/N-ethyl adjacent to an activating group) is 1. The second-order valence-electron chi connectivity index (χ2n) is 5.82. The Balaban J connectivity index is 0. The van der Waals surface area contributed by atoms with Gasteiger partial charge in [0.1, 0.15) is 36.6 Å². The van der Waals surface area contributed by atoms with Crippen LogP contribution >= 0.6 is 0 Å². The molecule has 0 aromatic rings. The summed E-state index contributed by atoms with van der Waals surface area (Å²) >= 11 is 0. The Hall–Kier alpha value is -0.440. The molecular weight excluding hydrogens is 354 g/mol. The fourth-order valence-corrected chi connectivity index (χ4v) is 2.06. The molecule has 0 saturated heterocycles. The standard InChI is InChI=1S/C13H29NO10.C2H6/c1-14(2-6(17)10(21)12(23)8(19)4-15)3-7(18)11(22)13(24)9(20)5-16;1-2/h6-13,15-24H,2-5H2,1H3;1-2H3. The van der Waals surface area contributed by atoms with Crippen molar-refractivity contribution in [1.82, 2.24) is 4.90 Å². The predicted molar refractivity (Wildman–Crippen MR) is 91.1 cm³/mol. The molecule has 26 heavy (non-hydrogen) atoms. The van der Waals surface area contributed by atoms with Crippen LogP contribution < -0.4 is 0 Å². The molecule has 0 aromatic heterocycles. The molecule has 0 rings (SSSR count). The highest BCUT2D eigenvalue weighted by molar-refractivity contribution is 4.85. The molecule has 8 unspecified atom stereocenters. The van der Waals surface area contributed by atoms with Gasteiger partial charge in [-0.05, 0) is 7.05 Å². The molecule has 0 aliphatic carbocycles. The van der Waals surface area contributed by atoms with E-state index in [9.17, 15) is 40.9 Å². The van der Waals surface area contributed by atoms with Gasteiger partial charge in [0.15, 0.2) is 0 Å². The zero-order chi connectivity index (χ0) is 21.0. The summed E-state index contributed by atoms with van der Waals surface area (Å²) in [5, 5.41) is 93.6. The molecule has 11 heteroatoms. The molecule has 0 aromatic carbocycles. The number of hydrogen-bond donors (Lipinski definition) is 10. The van der Waals surface area contributed by atoms with E-state index in [1.807, 2.05) is 13.8 Å². The van der Waals surface area contributed by atoms with Crippen molar-refractivity contribution >= 4 is 0 Å². The molecule has 0 heterocycles. The molecule has 160 valence electrons. The maximum absolute atomic E-state index is 9.78. The van der Waals surface area contributed by atoms with Crippen LogP contribution in [0.1, 0.15) is 13.8 Å². The summed E-state index contributed by atoms with van der Waals surface area (Å²) in [6.45, 7) is 1.82. The summed E-state index contributed by atoms with van der Waals surface area (Å²) < 4.78 is 0. The van der Waals surface area contributed by atoms with Gasteiger partial charge in [0.05, 0.1) is 25.4 Å². The van der Waals surface area contributed by atoms with Crippen LogP contribution in [0.15, 0.2) is 0 Å². The lowest BCUT2D eigenvalue weighted by Gasteiger charge is -2.31. The van der Waals surface area contributed by atoms with E-state index in [2.05, 4.69) is 0 Å². The van der Waals surface area contributed by atoms with Gasteiger partial charge in [-0.25, -0.2) is 0 Å². The first kappa shape index (κ1) is 27.8. The molecule has 0 spiro atoms. The third-order valence-electron chi connectivity index (χ3n) is 3.65. The summed E-state index contributed by atoms with van der Waals surface area (Å²) in [5.41, 5.74) is 0. The fraction of sp³-hybridized carbons (Fsp3) is 1.00. The zero-order valence-electron chi connectivity index (χ0n) is 15.4. The van der Waals surface area contributed by atoms with Crippen molar-refractivity contribution in [3.63, 3.8) is 0 Å². The summed E-state index contributed by atoms with van der Waals surface area (Å²) in [5.74, 6) is 0. The van der Waals surface area contributed by atoms with Gasteiger partial charge in [0, 0.05) is 13.1 Å². The summed E-state index contributed by atoms with van der Waals surface area (Å²) in [4.78, 5) is 1.26. The molecule has 0 amide bonds. The minimum absolute atomic E-state index is 0.279. The van der Waals surface area contributed by atoms with E-state index in [1.165, 1.54) is 11.9 Å². The number of nitrogens with zero attached hydrogens (tertiary/aromatic N) is 1. The van der Waals surface area contributed by atoms with E-state index in [0.29, 0.717) is 0 Å². The fourth-order valence-electron chi connectivity index (χ4n) is 2.06. The van der Waals surface area contributed by atoms with Crippen molar-refractivity contribution < 1.29 is 51.1 Å². The highest BCUT2D eigenvalue weighted by Gasteiger charge is 2.33. The molecule has 0 radical (unpaired) electrons. The Kier molecular flexibility index (Phi) is 15.6. The minimum atomic E-state index is -1.78. The maximum Gasteiger partial charge on any atom is 0.111 e. The van der Waals surface area contributed by atoms with Gasteiger partial charge < -0.3 is 56.0 Å². The molecule has 10 N–H and O–H groups in total. The molecule has 8 atom stereocenters. The summed E-state index contributed by atoms with van der Waals surface area (Å²) in [6, 6.07) is 0. The predicted octanol–water partition coefficient (Wildman–Crippen LogP) is -5.18. The highest BCUT2D eigenvalue weighted by Crippen LogP contribution is 2.09. The number of aliphatic hydroxyl groups is 10. The van der Waals surface area contributed by atoms with Gasteiger partial charge in [0.2, 0.25) is 0 Å². The first-order valence-corrected chi connectivity index (χ1v) is 8.41. The quantitative estimate of drug-likeness (QED) is 0.153. The lowest BCUT2D eigenvalue weighted by Crippen LogP contribution is -2.52. The SMILES string of the molecule is CC.CN(CC(O)C(O)C(O)C(O)CO)CC(O)C(O)C(O)C(O)CO. The van der Waals surface area contributed by atoms with E-state index < -0.39 is 62.0 Å². The van der Waals surface area contributed by atoms with Crippen molar-refractivity contribution in [3.05, 3.63) is 0 Å². The highest BCUT2D eigenvalue weighted by atomic mass is 16.4. The third-order valence-corrected chi connectivity index (χ3v) is 3.65. The Labute approximate surface area is 153 Å². The summed E-state index contributed by atoms with van der Waals surface area (Å²) in [7, 11) is 1.40. The van der Waals surface area contributed by atoms with E-state index in [1.54, 1.807) is 0 Å². The van der Waals surface area contributed by atoms with E-state index in [-0.39, 0.29) is 13.1 Å². The van der Waals surface area contributed by atoms with Crippen LogP contribution in [-0.4, -0.2) is 138 Å². The Morgan fingerprint density at radius 3 is 1.00 bits per heavy atom. The zero-order valence-corrected chi connectivity index (χ0v) is 15.4. The number of hydrogen-bond acceptors (Lipinski definition) is 11. The van der Waals surface area contributed by atoms with Crippen LogP contribution in [0.5, 0.6) is 0 Å². The van der Waals surface area contributed by atoms with E-state index in [4.69, 9.17) is 10.2 Å². The van der Waals surface area contributed by atoms with Crippen LogP contribution in [0.2, 0.25) is 0 Å². The lowest BCUT2D eigenvalue weighted by atomic mass is 10.0. The van der Waals surface area contributed by atoms with Crippen LogP contribution in [0.25, 0.3) is 0 Å². The van der Waals surface area contributed by atoms with Crippen molar-refractivity contribution in [2.75, 3.05) is 33.4 Å². The maximum atomic E-state index is 9.78.